The van der Waals surface area contributed by atoms with E-state index in [0.29, 0.717) is 11.3 Å². The molecule has 0 atom stereocenters. The number of nitrogens with two attached hydrogens (primary N) is 1. The third kappa shape index (κ3) is 2.29. The lowest BCUT2D eigenvalue weighted by Gasteiger charge is -2.09. The molecule has 2 N–H and O–H groups in total. The van der Waals surface area contributed by atoms with Gasteiger partial charge < -0.3 is 5.73 Å². The fraction of sp³-hybridized carbons (Fsp3) is 0.105. The Bertz CT molecular complexity index is 849. The van der Waals surface area contributed by atoms with Crippen LogP contribution >= 0.6 is 0 Å². The highest BCUT2D eigenvalue weighted by atomic mass is 16.1. The highest BCUT2D eigenvalue weighted by molar-refractivity contribution is 6.16. The Morgan fingerprint density at radius 3 is 2.29 bits per heavy atom. The van der Waals surface area contributed by atoms with Gasteiger partial charge >= 0.3 is 0 Å². The minimum Gasteiger partial charge on any atom is -0.399 e. The predicted molar refractivity (Wildman–Crippen MR) is 87.7 cm³/mol. The number of fused-ring (bicyclic) bond motifs is 1. The molecule has 0 heterocycles. The molecular weight excluding hydrogens is 258 g/mol. The normalized spacial score (nSPS) is 10.8. The zero-order chi connectivity index (χ0) is 15.0. The molecule has 0 fully saturated rings. The second kappa shape index (κ2) is 5.06. The second-order valence-corrected chi connectivity index (χ2v) is 5.38. The van der Waals surface area contributed by atoms with Crippen molar-refractivity contribution in [1.82, 2.24) is 0 Å². The molecule has 0 aliphatic carbocycles. The van der Waals surface area contributed by atoms with Crippen molar-refractivity contribution in [2.45, 2.75) is 13.8 Å². The number of benzene rings is 3. The SMILES string of the molecule is Cc1cc(C(=O)c2ccc(C)c3ccccc23)ccc1N. The monoisotopic (exact) mass is 275 g/mol. The first-order valence-electron chi connectivity index (χ1n) is 6.97. The van der Waals surface area contributed by atoms with Gasteiger partial charge in [0.1, 0.15) is 0 Å². The van der Waals surface area contributed by atoms with Gasteiger partial charge in [-0.05, 0) is 53.9 Å². The summed E-state index contributed by atoms with van der Waals surface area (Å²) in [6.07, 6.45) is 0. The van der Waals surface area contributed by atoms with Crippen molar-refractivity contribution in [3.8, 4) is 0 Å². The van der Waals surface area contributed by atoms with Gasteiger partial charge in [-0.15, -0.1) is 0 Å². The van der Waals surface area contributed by atoms with Gasteiger partial charge in [-0.1, -0.05) is 36.4 Å². The molecule has 0 saturated carbocycles. The minimum atomic E-state index is 0.0364. The smallest absolute Gasteiger partial charge is 0.193 e. The highest BCUT2D eigenvalue weighted by Crippen LogP contribution is 2.25. The lowest BCUT2D eigenvalue weighted by atomic mass is 9.94. The average molecular weight is 275 g/mol. The lowest BCUT2D eigenvalue weighted by Crippen LogP contribution is -2.04. The van der Waals surface area contributed by atoms with Crippen LogP contribution in [0, 0.1) is 13.8 Å². The van der Waals surface area contributed by atoms with Crippen LogP contribution < -0.4 is 5.73 Å². The Kier molecular flexibility index (Phi) is 3.22. The van der Waals surface area contributed by atoms with Crippen LogP contribution in [0.1, 0.15) is 27.0 Å². The van der Waals surface area contributed by atoms with Crippen LogP contribution in [0.2, 0.25) is 0 Å². The minimum absolute atomic E-state index is 0.0364. The van der Waals surface area contributed by atoms with Gasteiger partial charge in [0.05, 0.1) is 0 Å². The van der Waals surface area contributed by atoms with Gasteiger partial charge in [0.25, 0.3) is 0 Å². The van der Waals surface area contributed by atoms with Crippen LogP contribution in [-0.4, -0.2) is 5.78 Å². The first kappa shape index (κ1) is 13.4. The first-order valence-corrected chi connectivity index (χ1v) is 6.97. The van der Waals surface area contributed by atoms with Crippen LogP contribution in [0.25, 0.3) is 10.8 Å². The number of carbonyl (C=O) groups is 1. The molecule has 0 amide bonds. The summed E-state index contributed by atoms with van der Waals surface area (Å²) in [6.45, 7) is 3.98. The summed E-state index contributed by atoms with van der Waals surface area (Å²) in [6, 6.07) is 17.4. The standard InChI is InChI=1S/C19H17NO/c1-12-7-9-17(16-6-4-3-5-15(12)16)19(21)14-8-10-18(20)13(2)11-14/h3-11H,20H2,1-2H3. The molecule has 104 valence electrons. The molecule has 0 saturated heterocycles. The van der Waals surface area contributed by atoms with Gasteiger partial charge in [0, 0.05) is 16.8 Å². The maximum Gasteiger partial charge on any atom is 0.193 e. The number of carbonyl (C=O) groups excluding carboxylic acids is 1. The van der Waals surface area contributed by atoms with Crippen molar-refractivity contribution in [2.24, 2.45) is 0 Å². The van der Waals surface area contributed by atoms with Crippen molar-refractivity contribution < 1.29 is 4.79 Å². The molecule has 21 heavy (non-hydrogen) atoms. The van der Waals surface area contributed by atoms with Crippen molar-refractivity contribution in [2.75, 3.05) is 5.73 Å². The zero-order valence-electron chi connectivity index (χ0n) is 12.2. The molecule has 0 aromatic heterocycles. The first-order chi connectivity index (χ1) is 10.1. The molecule has 0 aliphatic rings. The van der Waals surface area contributed by atoms with E-state index in [2.05, 4.69) is 13.0 Å². The fourth-order valence-electron chi connectivity index (χ4n) is 2.62. The number of nitrogen functional groups attached to an aromatic ring is 1. The van der Waals surface area contributed by atoms with Crippen LogP contribution in [0.15, 0.2) is 54.6 Å². The van der Waals surface area contributed by atoms with Gasteiger partial charge in [-0.25, -0.2) is 0 Å². The van der Waals surface area contributed by atoms with Crippen molar-refractivity contribution >= 4 is 22.2 Å². The number of hydrogen-bond donors (Lipinski definition) is 1. The van der Waals surface area contributed by atoms with E-state index in [9.17, 15) is 4.79 Å². The third-order valence-corrected chi connectivity index (χ3v) is 3.92. The number of ketones is 1. The maximum atomic E-state index is 12.8. The van der Waals surface area contributed by atoms with E-state index >= 15 is 0 Å². The van der Waals surface area contributed by atoms with Crippen LogP contribution in [0.4, 0.5) is 5.69 Å². The Morgan fingerprint density at radius 2 is 1.57 bits per heavy atom. The summed E-state index contributed by atoms with van der Waals surface area (Å²) in [5.74, 6) is 0.0364. The van der Waals surface area contributed by atoms with E-state index in [1.165, 1.54) is 5.56 Å². The van der Waals surface area contributed by atoms with Crippen molar-refractivity contribution in [3.63, 3.8) is 0 Å². The second-order valence-electron chi connectivity index (χ2n) is 5.38. The van der Waals surface area contributed by atoms with E-state index in [4.69, 9.17) is 5.73 Å². The van der Waals surface area contributed by atoms with Gasteiger partial charge in [0.15, 0.2) is 5.78 Å². The summed E-state index contributed by atoms with van der Waals surface area (Å²) in [5, 5.41) is 2.12. The Labute approximate surface area is 124 Å². The molecule has 3 aromatic rings. The van der Waals surface area contributed by atoms with E-state index in [-0.39, 0.29) is 5.78 Å². The Hall–Kier alpha value is -2.61. The van der Waals surface area contributed by atoms with Gasteiger partial charge in [-0.2, -0.15) is 0 Å². The van der Waals surface area contributed by atoms with Crippen LogP contribution in [0.3, 0.4) is 0 Å². The lowest BCUT2D eigenvalue weighted by molar-refractivity contribution is 0.104. The molecule has 0 unspecified atom stereocenters. The number of hydrogen-bond acceptors (Lipinski definition) is 2. The molecule has 2 heteroatoms. The van der Waals surface area contributed by atoms with Crippen molar-refractivity contribution in [1.29, 1.82) is 0 Å². The average Bonchev–Trinajstić information content (AvgIpc) is 2.50. The predicted octanol–water partition coefficient (Wildman–Crippen LogP) is 4.27. The van der Waals surface area contributed by atoms with E-state index < -0.39 is 0 Å². The molecule has 0 bridgehead atoms. The molecular formula is C19H17NO. The van der Waals surface area contributed by atoms with Crippen molar-refractivity contribution in [3.05, 3.63) is 76.9 Å². The fourth-order valence-corrected chi connectivity index (χ4v) is 2.62. The summed E-state index contributed by atoms with van der Waals surface area (Å²) in [4.78, 5) is 12.8. The van der Waals surface area contributed by atoms with E-state index in [1.54, 1.807) is 12.1 Å². The van der Waals surface area contributed by atoms with Gasteiger partial charge in [0.2, 0.25) is 0 Å². The summed E-state index contributed by atoms with van der Waals surface area (Å²) in [5.41, 5.74) is 10.1. The largest absolute Gasteiger partial charge is 0.399 e. The molecule has 0 radical (unpaired) electrons. The number of rotatable bonds is 2. The maximum absolute atomic E-state index is 12.8. The summed E-state index contributed by atoms with van der Waals surface area (Å²) < 4.78 is 0. The summed E-state index contributed by atoms with van der Waals surface area (Å²) >= 11 is 0. The van der Waals surface area contributed by atoms with Crippen LogP contribution in [-0.2, 0) is 0 Å². The van der Waals surface area contributed by atoms with E-state index in [0.717, 1.165) is 21.9 Å². The quantitative estimate of drug-likeness (QED) is 0.560. The molecule has 0 spiro atoms. The molecule has 3 rings (SSSR count). The van der Waals surface area contributed by atoms with E-state index in [1.807, 2.05) is 43.3 Å². The van der Waals surface area contributed by atoms with Gasteiger partial charge in [-0.3, -0.25) is 4.79 Å². The molecule has 2 nitrogen and oxygen atoms in total. The van der Waals surface area contributed by atoms with Crippen LogP contribution in [0.5, 0.6) is 0 Å². The number of aryl methyl sites for hydroxylation is 2. The highest BCUT2D eigenvalue weighted by Gasteiger charge is 2.13. The zero-order valence-corrected chi connectivity index (χ0v) is 12.2. The Balaban J connectivity index is 2.18. The number of anilines is 1. The Morgan fingerprint density at radius 1 is 0.857 bits per heavy atom. The molecule has 3 aromatic carbocycles. The topological polar surface area (TPSA) is 43.1 Å². The molecule has 0 aliphatic heterocycles. The summed E-state index contributed by atoms with van der Waals surface area (Å²) in [7, 11) is 0. The third-order valence-electron chi connectivity index (χ3n) is 3.92.